The van der Waals surface area contributed by atoms with Crippen molar-refractivity contribution in [1.29, 1.82) is 0 Å². The highest BCUT2D eigenvalue weighted by atomic mass is 32.1. The maximum absolute atomic E-state index is 13.4. The van der Waals surface area contributed by atoms with E-state index in [9.17, 15) is 9.90 Å². The van der Waals surface area contributed by atoms with Crippen LogP contribution in [0.2, 0.25) is 0 Å². The number of carbonyl (C=O) groups excluding carboxylic acids is 1. The quantitative estimate of drug-likeness (QED) is 0.603. The van der Waals surface area contributed by atoms with Crippen LogP contribution in [0.5, 0.6) is 0 Å². The first-order chi connectivity index (χ1) is 16.2. The molecule has 4 rings (SSSR count). The van der Waals surface area contributed by atoms with Gasteiger partial charge in [-0.25, -0.2) is 0 Å². The van der Waals surface area contributed by atoms with Crippen LogP contribution in [0.15, 0.2) is 59.0 Å². The van der Waals surface area contributed by atoms with Crippen molar-refractivity contribution in [2.45, 2.75) is 38.5 Å². The lowest BCUT2D eigenvalue weighted by Gasteiger charge is -2.39. The van der Waals surface area contributed by atoms with Gasteiger partial charge in [0, 0.05) is 57.8 Å². The Morgan fingerprint density at radius 2 is 1.97 bits per heavy atom. The summed E-state index contributed by atoms with van der Waals surface area (Å²) < 4.78 is 12.1. The number of hydrogen-bond acceptors (Lipinski definition) is 6. The molecule has 1 amide bonds. The van der Waals surface area contributed by atoms with Crippen LogP contribution in [0.1, 0.15) is 36.8 Å². The van der Waals surface area contributed by atoms with Gasteiger partial charge in [-0.3, -0.25) is 9.69 Å². The van der Waals surface area contributed by atoms with Crippen molar-refractivity contribution in [3.05, 3.63) is 70.1 Å². The van der Waals surface area contributed by atoms with E-state index in [1.165, 1.54) is 11.1 Å². The van der Waals surface area contributed by atoms with Crippen LogP contribution in [0, 0.1) is 5.92 Å². The zero-order valence-electron chi connectivity index (χ0n) is 19.3. The Morgan fingerprint density at radius 1 is 1.18 bits per heavy atom. The molecule has 7 heteroatoms. The SMILES string of the molecule is CCO[C@@H]1OC(C(=O)N2CCN(Cc3ccccc3)CC2)=C[C@H](c2ccsc2)[C@@H]1CCCO. The number of aliphatic hydroxyl groups excluding tert-OH is 1. The molecule has 2 aromatic rings. The van der Waals surface area contributed by atoms with Crippen LogP contribution in [0.3, 0.4) is 0 Å². The summed E-state index contributed by atoms with van der Waals surface area (Å²) in [6.07, 6.45) is 2.95. The molecule has 3 heterocycles. The molecule has 2 aliphatic heterocycles. The monoisotopic (exact) mass is 470 g/mol. The van der Waals surface area contributed by atoms with Crippen molar-refractivity contribution < 1.29 is 19.4 Å². The first-order valence-electron chi connectivity index (χ1n) is 11.9. The summed E-state index contributed by atoms with van der Waals surface area (Å²) >= 11 is 1.65. The minimum Gasteiger partial charge on any atom is -0.459 e. The number of rotatable bonds is 9. The van der Waals surface area contributed by atoms with Crippen LogP contribution in [0.4, 0.5) is 0 Å². The fourth-order valence-corrected chi connectivity index (χ4v) is 5.42. The molecule has 178 valence electrons. The topological polar surface area (TPSA) is 62.2 Å². The number of amides is 1. The van der Waals surface area contributed by atoms with Gasteiger partial charge in [0.1, 0.15) is 0 Å². The minimum absolute atomic E-state index is 0.0337. The Hall–Kier alpha value is -2.19. The number of benzene rings is 1. The average Bonchev–Trinajstić information content (AvgIpc) is 3.39. The van der Waals surface area contributed by atoms with Crippen molar-refractivity contribution in [2.75, 3.05) is 39.4 Å². The zero-order valence-corrected chi connectivity index (χ0v) is 20.1. The van der Waals surface area contributed by atoms with Gasteiger partial charge in [0.25, 0.3) is 5.91 Å². The van der Waals surface area contributed by atoms with Crippen LogP contribution in [0.25, 0.3) is 0 Å². The lowest BCUT2D eigenvalue weighted by atomic mass is 9.81. The van der Waals surface area contributed by atoms with Crippen molar-refractivity contribution in [1.82, 2.24) is 9.80 Å². The third kappa shape index (κ3) is 6.03. The molecule has 0 unspecified atom stereocenters. The van der Waals surface area contributed by atoms with Crippen molar-refractivity contribution in [3.8, 4) is 0 Å². The fourth-order valence-electron chi connectivity index (χ4n) is 4.71. The molecule has 0 spiro atoms. The summed E-state index contributed by atoms with van der Waals surface area (Å²) in [6.45, 7) is 6.54. The summed E-state index contributed by atoms with van der Waals surface area (Å²) in [5.74, 6) is 0.429. The van der Waals surface area contributed by atoms with Gasteiger partial charge in [-0.1, -0.05) is 30.3 Å². The maximum Gasteiger partial charge on any atom is 0.288 e. The van der Waals surface area contributed by atoms with E-state index >= 15 is 0 Å². The summed E-state index contributed by atoms with van der Waals surface area (Å²) in [4.78, 5) is 17.7. The number of ether oxygens (including phenoxy) is 2. The van der Waals surface area contributed by atoms with E-state index in [0.717, 1.165) is 26.1 Å². The average molecular weight is 471 g/mol. The summed E-state index contributed by atoms with van der Waals surface area (Å²) in [5, 5.41) is 13.6. The smallest absolute Gasteiger partial charge is 0.288 e. The van der Waals surface area contributed by atoms with E-state index in [2.05, 4.69) is 46.0 Å². The van der Waals surface area contributed by atoms with Gasteiger partial charge in [-0.05, 0) is 53.8 Å². The first kappa shape index (κ1) is 24.0. The van der Waals surface area contributed by atoms with E-state index in [-0.39, 0.29) is 24.3 Å². The molecule has 0 saturated carbocycles. The zero-order chi connectivity index (χ0) is 23.0. The molecule has 33 heavy (non-hydrogen) atoms. The molecule has 1 N–H and O–H groups in total. The number of aliphatic hydroxyl groups is 1. The highest BCUT2D eigenvalue weighted by molar-refractivity contribution is 7.08. The van der Waals surface area contributed by atoms with E-state index in [1.54, 1.807) is 11.3 Å². The number of piperazine rings is 1. The van der Waals surface area contributed by atoms with Gasteiger partial charge in [-0.15, -0.1) is 0 Å². The third-order valence-corrected chi connectivity index (χ3v) is 7.16. The lowest BCUT2D eigenvalue weighted by Crippen LogP contribution is -2.49. The van der Waals surface area contributed by atoms with Crippen LogP contribution in [-0.4, -0.2) is 66.5 Å². The minimum atomic E-state index is -0.491. The molecule has 2 aliphatic rings. The fraction of sp³-hybridized carbons (Fsp3) is 0.500. The van der Waals surface area contributed by atoms with E-state index < -0.39 is 6.29 Å². The van der Waals surface area contributed by atoms with Crippen LogP contribution in [-0.2, 0) is 20.8 Å². The van der Waals surface area contributed by atoms with Crippen molar-refractivity contribution in [3.63, 3.8) is 0 Å². The molecule has 1 fully saturated rings. The Bertz CT molecular complexity index is 894. The first-order valence-corrected chi connectivity index (χ1v) is 12.8. The van der Waals surface area contributed by atoms with Gasteiger partial charge < -0.3 is 19.5 Å². The largest absolute Gasteiger partial charge is 0.459 e. The molecule has 0 bridgehead atoms. The Balaban J connectivity index is 1.45. The molecular weight excluding hydrogens is 436 g/mol. The van der Waals surface area contributed by atoms with Gasteiger partial charge >= 0.3 is 0 Å². The summed E-state index contributed by atoms with van der Waals surface area (Å²) in [5.41, 5.74) is 2.47. The van der Waals surface area contributed by atoms with Crippen LogP contribution < -0.4 is 0 Å². The van der Waals surface area contributed by atoms with Crippen LogP contribution >= 0.6 is 11.3 Å². The molecule has 3 atom stereocenters. The Labute approximate surface area is 200 Å². The summed E-state index contributed by atoms with van der Waals surface area (Å²) in [7, 11) is 0. The number of hydrogen-bond donors (Lipinski definition) is 1. The third-order valence-electron chi connectivity index (χ3n) is 6.46. The predicted molar refractivity (Wildman–Crippen MR) is 130 cm³/mol. The highest BCUT2D eigenvalue weighted by Gasteiger charge is 2.39. The Kier molecular flexibility index (Phi) is 8.56. The van der Waals surface area contributed by atoms with E-state index in [0.29, 0.717) is 31.9 Å². The number of allylic oxidation sites excluding steroid dienone is 1. The summed E-state index contributed by atoms with van der Waals surface area (Å²) in [6, 6.07) is 12.6. The standard InChI is InChI=1S/C26H34N2O4S/c1-2-31-26-22(9-6-15-29)23(21-10-16-33-19-21)17-24(32-26)25(30)28-13-11-27(12-14-28)18-20-7-4-3-5-8-20/h3-5,7-8,10,16-17,19,22-23,26,29H,2,6,9,11-15,18H2,1H3/t22-,23+,26+/m0/s1. The number of thiophene rings is 1. The van der Waals surface area contributed by atoms with Gasteiger partial charge in [0.05, 0.1) is 0 Å². The molecule has 6 nitrogen and oxygen atoms in total. The lowest BCUT2D eigenvalue weighted by molar-refractivity contribution is -0.171. The second-order valence-electron chi connectivity index (χ2n) is 8.64. The molecule has 1 aromatic carbocycles. The van der Waals surface area contributed by atoms with E-state index in [1.807, 2.05) is 24.0 Å². The van der Waals surface area contributed by atoms with Crippen molar-refractivity contribution >= 4 is 17.2 Å². The van der Waals surface area contributed by atoms with Gasteiger partial charge in [0.2, 0.25) is 6.29 Å². The molecule has 1 aromatic heterocycles. The normalized spacial score (nSPS) is 23.8. The highest BCUT2D eigenvalue weighted by Crippen LogP contribution is 2.40. The second kappa shape index (κ2) is 11.8. The predicted octanol–water partition coefficient (Wildman–Crippen LogP) is 3.84. The van der Waals surface area contributed by atoms with E-state index in [4.69, 9.17) is 9.47 Å². The van der Waals surface area contributed by atoms with Crippen molar-refractivity contribution in [2.24, 2.45) is 5.92 Å². The molecule has 0 aliphatic carbocycles. The maximum atomic E-state index is 13.4. The Morgan fingerprint density at radius 3 is 2.64 bits per heavy atom. The second-order valence-corrected chi connectivity index (χ2v) is 9.42. The number of nitrogens with zero attached hydrogens (tertiary/aromatic N) is 2. The van der Waals surface area contributed by atoms with Gasteiger partial charge in [0.15, 0.2) is 5.76 Å². The van der Waals surface area contributed by atoms with Gasteiger partial charge in [-0.2, -0.15) is 11.3 Å². The molecule has 1 saturated heterocycles. The molecular formula is C26H34N2O4S. The number of carbonyl (C=O) groups is 1. The molecule has 0 radical (unpaired) electrons.